The number of hydrogen-bond donors (Lipinski definition) is 0. The van der Waals surface area contributed by atoms with Crippen molar-refractivity contribution >= 4 is 52.3 Å². The summed E-state index contributed by atoms with van der Waals surface area (Å²) in [5.74, 6) is 0.278. The average Bonchev–Trinajstić information content (AvgIpc) is 3.38. The number of halogens is 2. The summed E-state index contributed by atoms with van der Waals surface area (Å²) < 4.78 is 19.1. The largest absolute Gasteiger partial charge is 0.493 e. The molecule has 0 saturated carbocycles. The molecule has 1 aromatic heterocycles. The Balaban J connectivity index is 1.50. The van der Waals surface area contributed by atoms with Gasteiger partial charge in [-0.05, 0) is 54.0 Å². The quantitative estimate of drug-likeness (QED) is 0.161. The van der Waals surface area contributed by atoms with Crippen molar-refractivity contribution in [2.45, 2.75) is 19.6 Å². The van der Waals surface area contributed by atoms with Crippen LogP contribution in [-0.2, 0) is 16.1 Å². The number of carbonyl (C=O) groups excluding carboxylic acids is 1. The zero-order valence-corrected chi connectivity index (χ0v) is 27.2. The highest BCUT2D eigenvalue weighted by molar-refractivity contribution is 7.07. The Labute approximate surface area is 279 Å². The van der Waals surface area contributed by atoms with Crippen LogP contribution in [0.15, 0.2) is 112 Å². The van der Waals surface area contributed by atoms with Crippen LogP contribution in [0.4, 0.5) is 0 Å². The van der Waals surface area contributed by atoms with Crippen LogP contribution in [0.5, 0.6) is 11.5 Å². The molecule has 0 saturated heterocycles. The summed E-state index contributed by atoms with van der Waals surface area (Å²) in [5, 5.41) is 0.868. The summed E-state index contributed by atoms with van der Waals surface area (Å²) >= 11 is 14.1. The Hall–Kier alpha value is -4.63. The van der Waals surface area contributed by atoms with Crippen LogP contribution < -0.4 is 24.4 Å². The van der Waals surface area contributed by atoms with E-state index in [0.29, 0.717) is 54.3 Å². The number of aromatic nitrogens is 1. The summed E-state index contributed by atoms with van der Waals surface area (Å²) in [7, 11) is 1.53. The molecular formula is C36H28Cl2N2O5S. The van der Waals surface area contributed by atoms with Crippen molar-refractivity contribution in [1.82, 2.24) is 4.57 Å². The van der Waals surface area contributed by atoms with Gasteiger partial charge in [0.15, 0.2) is 16.3 Å². The first-order valence-electron chi connectivity index (χ1n) is 14.5. The van der Waals surface area contributed by atoms with Gasteiger partial charge in [-0.25, -0.2) is 9.79 Å². The van der Waals surface area contributed by atoms with E-state index in [4.69, 9.17) is 42.4 Å². The minimum absolute atomic E-state index is 0.163. The van der Waals surface area contributed by atoms with Gasteiger partial charge in [-0.2, -0.15) is 0 Å². The van der Waals surface area contributed by atoms with Gasteiger partial charge in [0.2, 0.25) is 0 Å². The minimum atomic E-state index is -0.809. The second-order valence-corrected chi connectivity index (χ2v) is 12.1. The molecule has 46 heavy (non-hydrogen) atoms. The first-order chi connectivity index (χ1) is 22.4. The lowest BCUT2D eigenvalue weighted by Gasteiger charge is -2.25. The van der Waals surface area contributed by atoms with Gasteiger partial charge >= 0.3 is 5.97 Å². The molecule has 0 aliphatic carbocycles. The highest BCUT2D eigenvalue weighted by Gasteiger charge is 2.35. The molecule has 4 aromatic carbocycles. The van der Waals surface area contributed by atoms with Gasteiger partial charge in [-0.15, -0.1) is 0 Å². The number of benzene rings is 4. The SMILES string of the molecule is CCOC(=O)C1=C(c2ccccc2)N=c2s/c(=C\c3cc(Cl)c(OCc4ccccc4)c(OC)c3)c(=O)n2[C@H]1c1ccc(Cl)cc1. The fourth-order valence-electron chi connectivity index (χ4n) is 5.25. The summed E-state index contributed by atoms with van der Waals surface area (Å²) in [5.41, 5.74) is 3.42. The number of fused-ring (bicyclic) bond motifs is 1. The molecule has 0 radical (unpaired) electrons. The number of hydrogen-bond acceptors (Lipinski definition) is 7. The second kappa shape index (κ2) is 13.8. The predicted octanol–water partition coefficient (Wildman–Crippen LogP) is 6.83. The number of methoxy groups -OCH3 is 1. The van der Waals surface area contributed by atoms with Crippen molar-refractivity contribution in [2.24, 2.45) is 4.99 Å². The molecule has 0 amide bonds. The van der Waals surface area contributed by atoms with Gasteiger partial charge in [-0.1, -0.05) is 107 Å². The summed E-state index contributed by atoms with van der Waals surface area (Å²) in [6.45, 7) is 2.21. The van der Waals surface area contributed by atoms with Crippen molar-refractivity contribution in [3.8, 4) is 11.5 Å². The lowest BCUT2D eigenvalue weighted by Crippen LogP contribution is -2.40. The van der Waals surface area contributed by atoms with E-state index in [0.717, 1.165) is 11.1 Å². The Bertz CT molecular complexity index is 2110. The maximum atomic E-state index is 14.2. The zero-order chi connectivity index (χ0) is 32.2. The normalized spacial score (nSPS) is 14.4. The van der Waals surface area contributed by atoms with Gasteiger partial charge in [-0.3, -0.25) is 9.36 Å². The third-order valence-corrected chi connectivity index (χ3v) is 8.85. The molecule has 10 heteroatoms. The van der Waals surface area contributed by atoms with E-state index < -0.39 is 12.0 Å². The third-order valence-electron chi connectivity index (χ3n) is 7.33. The lowest BCUT2D eigenvalue weighted by atomic mass is 9.93. The van der Waals surface area contributed by atoms with Crippen molar-refractivity contribution < 1.29 is 19.0 Å². The Morgan fingerprint density at radius 3 is 2.35 bits per heavy atom. The van der Waals surface area contributed by atoms with Crippen LogP contribution in [-0.4, -0.2) is 24.3 Å². The van der Waals surface area contributed by atoms with Crippen LogP contribution in [0.1, 0.15) is 35.2 Å². The smallest absolute Gasteiger partial charge is 0.338 e. The van der Waals surface area contributed by atoms with Crippen LogP contribution in [0.3, 0.4) is 0 Å². The standard InChI is InChI=1S/C36H28Cl2N2O5S/c1-3-44-35(42)30-31(24-12-8-5-9-13-24)39-36-40(32(30)25-14-16-26(37)17-15-25)34(41)29(46-36)20-23-18-27(38)33(28(19-23)43-2)45-21-22-10-6-4-7-11-22/h4-20,32H,3,21H2,1-2H3/b29-20-/t32-/m0/s1. The molecule has 0 bridgehead atoms. The molecular weight excluding hydrogens is 643 g/mol. The molecule has 2 heterocycles. The predicted molar refractivity (Wildman–Crippen MR) is 181 cm³/mol. The monoisotopic (exact) mass is 670 g/mol. The lowest BCUT2D eigenvalue weighted by molar-refractivity contribution is -0.138. The van der Waals surface area contributed by atoms with Gasteiger partial charge in [0.1, 0.15) is 6.61 Å². The molecule has 6 rings (SSSR count). The van der Waals surface area contributed by atoms with Crippen molar-refractivity contribution in [3.63, 3.8) is 0 Å². The van der Waals surface area contributed by atoms with E-state index in [-0.39, 0.29) is 17.7 Å². The van der Waals surface area contributed by atoms with Crippen LogP contribution >= 0.6 is 34.5 Å². The summed E-state index contributed by atoms with van der Waals surface area (Å²) in [4.78, 5) is 33.1. The van der Waals surface area contributed by atoms with Crippen molar-refractivity contribution in [2.75, 3.05) is 13.7 Å². The number of nitrogens with zero attached hydrogens (tertiary/aromatic N) is 2. The first-order valence-corrected chi connectivity index (χ1v) is 16.0. The van der Waals surface area contributed by atoms with Crippen LogP contribution in [0.25, 0.3) is 11.8 Å². The highest BCUT2D eigenvalue weighted by Crippen LogP contribution is 2.38. The number of ether oxygens (including phenoxy) is 3. The first kappa shape index (κ1) is 31.4. The third kappa shape index (κ3) is 6.37. The molecule has 0 fully saturated rings. The molecule has 0 spiro atoms. The van der Waals surface area contributed by atoms with Gasteiger partial charge in [0, 0.05) is 10.6 Å². The highest BCUT2D eigenvalue weighted by atomic mass is 35.5. The van der Waals surface area contributed by atoms with E-state index in [2.05, 4.69) is 0 Å². The van der Waals surface area contributed by atoms with Gasteiger partial charge < -0.3 is 14.2 Å². The fourth-order valence-corrected chi connectivity index (χ4v) is 6.65. The summed E-state index contributed by atoms with van der Waals surface area (Å²) in [6.07, 6.45) is 1.73. The van der Waals surface area contributed by atoms with E-state index in [1.54, 1.807) is 49.4 Å². The zero-order valence-electron chi connectivity index (χ0n) is 24.9. The molecule has 5 aromatic rings. The molecule has 232 valence electrons. The van der Waals surface area contributed by atoms with E-state index in [9.17, 15) is 9.59 Å². The molecule has 0 N–H and O–H groups in total. The topological polar surface area (TPSA) is 79.1 Å². The van der Waals surface area contributed by atoms with Crippen LogP contribution in [0, 0.1) is 0 Å². The van der Waals surface area contributed by atoms with E-state index in [1.165, 1.54) is 23.0 Å². The van der Waals surface area contributed by atoms with E-state index >= 15 is 0 Å². The van der Waals surface area contributed by atoms with Crippen LogP contribution in [0.2, 0.25) is 10.0 Å². The number of rotatable bonds is 9. The number of esters is 1. The molecule has 1 aliphatic heterocycles. The maximum absolute atomic E-state index is 14.2. The number of carbonyl (C=O) groups is 1. The molecule has 0 unspecified atom stereocenters. The summed E-state index contributed by atoms with van der Waals surface area (Å²) in [6, 6.07) is 28.9. The Morgan fingerprint density at radius 1 is 0.978 bits per heavy atom. The van der Waals surface area contributed by atoms with Gasteiger partial charge in [0.25, 0.3) is 5.56 Å². The fraction of sp³-hybridized carbons (Fsp3) is 0.139. The Morgan fingerprint density at radius 2 is 1.67 bits per heavy atom. The molecule has 1 aliphatic rings. The second-order valence-electron chi connectivity index (χ2n) is 10.3. The van der Waals surface area contributed by atoms with Gasteiger partial charge in [0.05, 0.1) is 40.6 Å². The number of thiazole rings is 1. The average molecular weight is 672 g/mol. The van der Waals surface area contributed by atoms with Crippen molar-refractivity contribution in [1.29, 1.82) is 0 Å². The molecule has 1 atom stereocenters. The van der Waals surface area contributed by atoms with Crippen molar-refractivity contribution in [3.05, 3.63) is 155 Å². The Kier molecular flexibility index (Phi) is 9.40. The van der Waals surface area contributed by atoms with E-state index in [1.807, 2.05) is 60.7 Å². The maximum Gasteiger partial charge on any atom is 0.338 e. The molecule has 7 nitrogen and oxygen atoms in total. The minimum Gasteiger partial charge on any atom is -0.493 e.